The zero-order valence-corrected chi connectivity index (χ0v) is 10.8. The summed E-state index contributed by atoms with van der Waals surface area (Å²) in [5.41, 5.74) is 0.596. The molecule has 1 aromatic heterocycles. The number of aromatic nitrogens is 1. The van der Waals surface area contributed by atoms with Crippen molar-refractivity contribution in [1.82, 2.24) is 15.6 Å². The molecule has 1 aromatic rings. The van der Waals surface area contributed by atoms with Crippen molar-refractivity contribution in [1.29, 1.82) is 0 Å². The minimum absolute atomic E-state index is 0.0797. The number of fused-ring (bicyclic) bond motifs is 1. The second kappa shape index (κ2) is 5.67. The van der Waals surface area contributed by atoms with Crippen LogP contribution < -0.4 is 10.6 Å². The number of nitrogens with one attached hydrogen (secondary N) is 2. The van der Waals surface area contributed by atoms with Gasteiger partial charge in [-0.25, -0.2) is 0 Å². The SMILES string of the molecule is O=C(NC[C@H]1OC[C@@H]2CCNC[C@@H]21)c1cccnc1. The molecule has 0 unspecified atom stereocenters. The lowest BCUT2D eigenvalue weighted by atomic mass is 9.85. The number of piperidine rings is 1. The predicted molar refractivity (Wildman–Crippen MR) is 70.8 cm³/mol. The second-order valence-corrected chi connectivity index (χ2v) is 5.24. The van der Waals surface area contributed by atoms with Crippen molar-refractivity contribution >= 4 is 5.91 Å². The monoisotopic (exact) mass is 261 g/mol. The summed E-state index contributed by atoms with van der Waals surface area (Å²) in [6, 6.07) is 3.53. The Morgan fingerprint density at radius 1 is 1.58 bits per heavy atom. The Morgan fingerprint density at radius 3 is 3.37 bits per heavy atom. The smallest absolute Gasteiger partial charge is 0.252 e. The fourth-order valence-corrected chi connectivity index (χ4v) is 2.95. The average Bonchev–Trinajstić information content (AvgIpc) is 2.89. The van der Waals surface area contributed by atoms with E-state index in [4.69, 9.17) is 4.74 Å². The van der Waals surface area contributed by atoms with E-state index in [9.17, 15) is 4.79 Å². The van der Waals surface area contributed by atoms with Gasteiger partial charge < -0.3 is 15.4 Å². The molecule has 3 rings (SSSR count). The molecule has 1 amide bonds. The van der Waals surface area contributed by atoms with E-state index < -0.39 is 0 Å². The number of ether oxygens (including phenoxy) is 1. The summed E-state index contributed by atoms with van der Waals surface area (Å²) in [5, 5.41) is 6.34. The Balaban J connectivity index is 1.54. The number of rotatable bonds is 3. The van der Waals surface area contributed by atoms with Crippen molar-refractivity contribution in [3.05, 3.63) is 30.1 Å². The molecule has 0 bridgehead atoms. The lowest BCUT2D eigenvalue weighted by molar-refractivity contribution is 0.0776. The van der Waals surface area contributed by atoms with Gasteiger partial charge in [-0.15, -0.1) is 0 Å². The first-order valence-electron chi connectivity index (χ1n) is 6.85. The van der Waals surface area contributed by atoms with E-state index in [0.29, 0.717) is 23.9 Å². The number of nitrogens with zero attached hydrogens (tertiary/aromatic N) is 1. The van der Waals surface area contributed by atoms with Gasteiger partial charge in [0.1, 0.15) is 0 Å². The van der Waals surface area contributed by atoms with Gasteiger partial charge in [-0.3, -0.25) is 9.78 Å². The fourth-order valence-electron chi connectivity index (χ4n) is 2.95. The summed E-state index contributed by atoms with van der Waals surface area (Å²) >= 11 is 0. The lowest BCUT2D eigenvalue weighted by Gasteiger charge is -2.27. The summed E-state index contributed by atoms with van der Waals surface area (Å²) < 4.78 is 5.82. The highest BCUT2D eigenvalue weighted by molar-refractivity contribution is 5.93. The molecule has 2 aliphatic heterocycles. The second-order valence-electron chi connectivity index (χ2n) is 5.24. The molecule has 2 N–H and O–H groups in total. The Hall–Kier alpha value is -1.46. The van der Waals surface area contributed by atoms with Crippen molar-refractivity contribution in [3.8, 4) is 0 Å². The van der Waals surface area contributed by atoms with Gasteiger partial charge >= 0.3 is 0 Å². The van der Waals surface area contributed by atoms with E-state index in [-0.39, 0.29) is 12.0 Å². The fraction of sp³-hybridized carbons (Fsp3) is 0.571. The van der Waals surface area contributed by atoms with Crippen LogP contribution in [0.1, 0.15) is 16.8 Å². The number of pyridine rings is 1. The van der Waals surface area contributed by atoms with Crippen LogP contribution in [0.25, 0.3) is 0 Å². The first-order valence-corrected chi connectivity index (χ1v) is 6.85. The van der Waals surface area contributed by atoms with Crippen molar-refractivity contribution in [2.75, 3.05) is 26.2 Å². The van der Waals surface area contributed by atoms with Gasteiger partial charge in [-0.05, 0) is 31.0 Å². The van der Waals surface area contributed by atoms with Gasteiger partial charge in [-0.2, -0.15) is 0 Å². The van der Waals surface area contributed by atoms with E-state index in [1.165, 1.54) is 6.42 Å². The van der Waals surface area contributed by atoms with Gasteiger partial charge in [-0.1, -0.05) is 0 Å². The van der Waals surface area contributed by atoms with Crippen molar-refractivity contribution in [2.24, 2.45) is 11.8 Å². The van der Waals surface area contributed by atoms with Crippen molar-refractivity contribution in [3.63, 3.8) is 0 Å². The van der Waals surface area contributed by atoms with Gasteiger partial charge in [0.15, 0.2) is 0 Å². The summed E-state index contributed by atoms with van der Waals surface area (Å²) in [4.78, 5) is 15.9. The molecular formula is C14H19N3O2. The highest BCUT2D eigenvalue weighted by Gasteiger charge is 2.38. The van der Waals surface area contributed by atoms with E-state index in [1.807, 2.05) is 0 Å². The van der Waals surface area contributed by atoms with E-state index in [2.05, 4.69) is 15.6 Å². The molecule has 2 aliphatic rings. The molecule has 0 aliphatic carbocycles. The molecule has 19 heavy (non-hydrogen) atoms. The van der Waals surface area contributed by atoms with Gasteiger partial charge in [0.25, 0.3) is 5.91 Å². The highest BCUT2D eigenvalue weighted by Crippen LogP contribution is 2.30. The first kappa shape index (κ1) is 12.6. The number of hydrogen-bond donors (Lipinski definition) is 2. The molecule has 2 fully saturated rings. The van der Waals surface area contributed by atoms with Gasteiger partial charge in [0.2, 0.25) is 0 Å². The van der Waals surface area contributed by atoms with Crippen LogP contribution in [0.4, 0.5) is 0 Å². The Labute approximate surface area is 112 Å². The lowest BCUT2D eigenvalue weighted by Crippen LogP contribution is -2.43. The van der Waals surface area contributed by atoms with Crippen LogP contribution in [0.15, 0.2) is 24.5 Å². The summed E-state index contributed by atoms with van der Waals surface area (Å²) in [6.45, 7) is 3.49. The number of carbonyl (C=O) groups is 1. The molecular weight excluding hydrogens is 242 g/mol. The molecule has 5 nitrogen and oxygen atoms in total. The Bertz CT molecular complexity index is 438. The average molecular weight is 261 g/mol. The zero-order chi connectivity index (χ0) is 13.1. The highest BCUT2D eigenvalue weighted by atomic mass is 16.5. The third kappa shape index (κ3) is 2.77. The first-order chi connectivity index (χ1) is 9.34. The van der Waals surface area contributed by atoms with Gasteiger partial charge in [0, 0.05) is 31.4 Å². The maximum atomic E-state index is 11.9. The predicted octanol–water partition coefficient (Wildman–Crippen LogP) is 0.436. The molecule has 3 heterocycles. The van der Waals surface area contributed by atoms with Crippen molar-refractivity contribution in [2.45, 2.75) is 12.5 Å². The van der Waals surface area contributed by atoms with Crippen LogP contribution in [-0.2, 0) is 4.74 Å². The molecule has 0 spiro atoms. The third-order valence-electron chi connectivity index (χ3n) is 4.07. The largest absolute Gasteiger partial charge is 0.376 e. The van der Waals surface area contributed by atoms with E-state index in [0.717, 1.165) is 19.7 Å². The van der Waals surface area contributed by atoms with Crippen LogP contribution >= 0.6 is 0 Å². The summed E-state index contributed by atoms with van der Waals surface area (Å²) in [7, 11) is 0. The van der Waals surface area contributed by atoms with Crippen LogP contribution in [0, 0.1) is 11.8 Å². The van der Waals surface area contributed by atoms with Crippen LogP contribution in [0.3, 0.4) is 0 Å². The molecule has 3 atom stereocenters. The van der Waals surface area contributed by atoms with Crippen molar-refractivity contribution < 1.29 is 9.53 Å². The zero-order valence-electron chi connectivity index (χ0n) is 10.8. The minimum atomic E-state index is -0.0797. The summed E-state index contributed by atoms with van der Waals surface area (Å²) in [5.74, 6) is 1.11. The normalized spacial score (nSPS) is 29.8. The molecule has 0 aromatic carbocycles. The number of hydrogen-bond acceptors (Lipinski definition) is 4. The minimum Gasteiger partial charge on any atom is -0.376 e. The number of carbonyl (C=O) groups excluding carboxylic acids is 1. The van der Waals surface area contributed by atoms with Crippen LogP contribution in [0.5, 0.6) is 0 Å². The Kier molecular flexibility index (Phi) is 3.75. The third-order valence-corrected chi connectivity index (χ3v) is 4.07. The molecule has 5 heteroatoms. The van der Waals surface area contributed by atoms with E-state index in [1.54, 1.807) is 24.5 Å². The molecule has 2 saturated heterocycles. The van der Waals surface area contributed by atoms with E-state index >= 15 is 0 Å². The molecule has 0 saturated carbocycles. The number of amides is 1. The quantitative estimate of drug-likeness (QED) is 0.828. The topological polar surface area (TPSA) is 63.2 Å². The summed E-state index contributed by atoms with van der Waals surface area (Å²) in [6.07, 6.45) is 4.56. The standard InChI is InChI=1S/C14H19N3O2/c18-14(10-2-1-4-15-6-10)17-8-13-12-7-16-5-3-11(12)9-19-13/h1-2,4,6,11-13,16H,3,5,7-9H2,(H,17,18)/t11-,12-,13+/m0/s1. The Morgan fingerprint density at radius 2 is 2.53 bits per heavy atom. The van der Waals surface area contributed by atoms with Crippen LogP contribution in [0.2, 0.25) is 0 Å². The molecule has 0 radical (unpaired) electrons. The van der Waals surface area contributed by atoms with Gasteiger partial charge in [0.05, 0.1) is 18.3 Å². The maximum Gasteiger partial charge on any atom is 0.252 e. The van der Waals surface area contributed by atoms with Crippen LogP contribution in [-0.4, -0.2) is 43.2 Å². The maximum absolute atomic E-state index is 11.9. The molecule has 102 valence electrons.